The summed E-state index contributed by atoms with van der Waals surface area (Å²) in [7, 11) is 0. The predicted octanol–water partition coefficient (Wildman–Crippen LogP) is 6.08. The van der Waals surface area contributed by atoms with E-state index in [0.29, 0.717) is 18.5 Å². The second-order valence-electron chi connectivity index (χ2n) is 9.54. The summed E-state index contributed by atoms with van der Waals surface area (Å²) in [5.41, 5.74) is -0.412. The van der Waals surface area contributed by atoms with Gasteiger partial charge in [0.2, 0.25) is 5.88 Å². The molecule has 6 rings (SSSR count). The van der Waals surface area contributed by atoms with E-state index >= 15 is 0 Å². The Morgan fingerprint density at radius 1 is 1.10 bits per heavy atom. The predicted molar refractivity (Wildman–Crippen MR) is 125 cm³/mol. The second kappa shape index (κ2) is 10.5. The lowest BCUT2D eigenvalue weighted by Crippen LogP contribution is -2.25. The molecule has 1 N–H and O–H groups in total. The lowest BCUT2D eigenvalue weighted by Gasteiger charge is -2.19. The average Bonchev–Trinajstić information content (AvgIpc) is 3.38. The van der Waals surface area contributed by atoms with Gasteiger partial charge in [-0.1, -0.05) is 12.5 Å². The van der Waals surface area contributed by atoms with Crippen LogP contribution in [0.3, 0.4) is 0 Å². The first kappa shape index (κ1) is 27.6. The van der Waals surface area contributed by atoms with E-state index in [9.17, 15) is 31.1 Å². The van der Waals surface area contributed by atoms with E-state index in [0.717, 1.165) is 42.5 Å². The summed E-state index contributed by atoms with van der Waals surface area (Å²) in [5.74, 6) is -2.15. The van der Waals surface area contributed by atoms with Crippen molar-refractivity contribution in [2.45, 2.75) is 64.0 Å². The molecule has 3 aliphatic rings. The van der Waals surface area contributed by atoms with Crippen molar-refractivity contribution >= 4 is 5.97 Å². The molecule has 0 unspecified atom stereocenters. The van der Waals surface area contributed by atoms with Crippen molar-refractivity contribution in [3.05, 3.63) is 58.7 Å². The molecule has 214 valence electrons. The largest absolute Gasteiger partial charge is 0.586 e. The molecule has 0 spiro atoms. The Labute approximate surface area is 223 Å². The van der Waals surface area contributed by atoms with Crippen molar-refractivity contribution in [3.8, 4) is 23.2 Å². The van der Waals surface area contributed by atoms with Crippen molar-refractivity contribution in [2.24, 2.45) is 5.92 Å². The van der Waals surface area contributed by atoms with E-state index in [4.69, 9.17) is 9.84 Å². The van der Waals surface area contributed by atoms with Gasteiger partial charge in [0.15, 0.2) is 23.0 Å². The highest BCUT2D eigenvalue weighted by Crippen LogP contribution is 2.42. The Hall–Kier alpha value is -3.97. The third-order valence-electron chi connectivity index (χ3n) is 6.77. The molecule has 8 nitrogen and oxygen atoms in total. The van der Waals surface area contributed by atoms with Crippen LogP contribution in [0.1, 0.15) is 54.6 Å². The number of carbonyl (C=O) groups is 1. The molecule has 0 bridgehead atoms. The molecule has 2 aliphatic carbocycles. The van der Waals surface area contributed by atoms with Gasteiger partial charge in [-0.05, 0) is 50.7 Å². The number of carboxylic acid groups (broad SMARTS) is 1. The van der Waals surface area contributed by atoms with Gasteiger partial charge in [-0.2, -0.15) is 23.3 Å². The molecule has 40 heavy (non-hydrogen) atoms. The molecule has 0 radical (unpaired) electrons. The number of ether oxygens (including phenoxy) is 3. The van der Waals surface area contributed by atoms with Gasteiger partial charge in [-0.15, -0.1) is 8.78 Å². The van der Waals surface area contributed by atoms with Crippen LogP contribution in [0.2, 0.25) is 0 Å². The Kier molecular flexibility index (Phi) is 7.27. The number of nitrogens with zero attached hydrogens (tertiary/aromatic N) is 3. The Morgan fingerprint density at radius 2 is 1.80 bits per heavy atom. The normalized spacial score (nSPS) is 17.4. The SMILES string of the molecule is Fc1cc2c(cc1COc1cccc(-n3nc(C(F)(F)F)c4c3CCCC4)n1)OC(F)(F)O2.O=C(O)C1CCC1. The quantitative estimate of drug-likeness (QED) is 0.371. The maximum absolute atomic E-state index is 14.2. The molecule has 0 amide bonds. The fourth-order valence-electron chi connectivity index (χ4n) is 4.55. The van der Waals surface area contributed by atoms with Gasteiger partial charge in [0.25, 0.3) is 0 Å². The first-order valence-electron chi connectivity index (χ1n) is 12.5. The van der Waals surface area contributed by atoms with Crippen LogP contribution < -0.4 is 14.2 Å². The van der Waals surface area contributed by atoms with E-state index in [2.05, 4.69) is 19.6 Å². The van der Waals surface area contributed by atoms with Crippen molar-refractivity contribution < 1.29 is 50.5 Å². The minimum absolute atomic E-state index is 0.000000000000000444. The summed E-state index contributed by atoms with van der Waals surface area (Å²) in [6, 6.07) is 6.21. The molecule has 2 aromatic heterocycles. The summed E-state index contributed by atoms with van der Waals surface area (Å²) in [4.78, 5) is 14.2. The second-order valence-corrected chi connectivity index (χ2v) is 9.54. The number of hydrogen-bond donors (Lipinski definition) is 1. The minimum atomic E-state index is -4.59. The zero-order valence-electron chi connectivity index (χ0n) is 20.8. The van der Waals surface area contributed by atoms with Crippen LogP contribution in [0.15, 0.2) is 30.3 Å². The van der Waals surface area contributed by atoms with Gasteiger partial charge in [0, 0.05) is 29.0 Å². The van der Waals surface area contributed by atoms with Crippen LogP contribution in [0.25, 0.3) is 5.82 Å². The van der Waals surface area contributed by atoms with Crippen molar-refractivity contribution in [2.75, 3.05) is 0 Å². The Bertz CT molecular complexity index is 1420. The summed E-state index contributed by atoms with van der Waals surface area (Å²) in [5, 5.41) is 12.0. The molecular formula is C26H23F6N3O5. The van der Waals surface area contributed by atoms with Crippen molar-refractivity contribution in [1.82, 2.24) is 14.8 Å². The zero-order chi connectivity index (χ0) is 28.7. The Balaban J connectivity index is 0.000000403. The first-order valence-corrected chi connectivity index (χ1v) is 12.5. The number of halogens is 6. The smallest absolute Gasteiger partial charge is 0.481 e. The van der Waals surface area contributed by atoms with Crippen LogP contribution >= 0.6 is 0 Å². The summed E-state index contributed by atoms with van der Waals surface area (Å²) in [6.07, 6.45) is -3.49. The highest BCUT2D eigenvalue weighted by Gasteiger charge is 2.44. The number of aliphatic carboxylic acids is 1. The third kappa shape index (κ3) is 5.80. The van der Waals surface area contributed by atoms with Gasteiger partial charge >= 0.3 is 18.4 Å². The lowest BCUT2D eigenvalue weighted by atomic mass is 9.86. The summed E-state index contributed by atoms with van der Waals surface area (Å²) in [6.45, 7) is -0.393. The van der Waals surface area contributed by atoms with Crippen LogP contribution in [0.5, 0.6) is 17.4 Å². The number of carboxylic acids is 1. The van der Waals surface area contributed by atoms with Gasteiger partial charge in [0.05, 0.1) is 5.92 Å². The number of rotatable bonds is 5. The van der Waals surface area contributed by atoms with Crippen molar-refractivity contribution in [1.29, 1.82) is 0 Å². The first-order chi connectivity index (χ1) is 18.9. The molecule has 0 saturated heterocycles. The summed E-state index contributed by atoms with van der Waals surface area (Å²) < 4.78 is 96.0. The molecule has 14 heteroatoms. The van der Waals surface area contributed by atoms with Crippen LogP contribution in [-0.2, 0) is 30.4 Å². The molecule has 0 atom stereocenters. The fourth-order valence-corrected chi connectivity index (χ4v) is 4.55. The van der Waals surface area contributed by atoms with Crippen LogP contribution in [-0.4, -0.2) is 32.1 Å². The van der Waals surface area contributed by atoms with Crippen LogP contribution in [0.4, 0.5) is 26.3 Å². The standard InChI is InChI=1S/C21H15F6N3O3.C5H8O2/c22-13-9-16-15(32-21(26,27)33-16)8-11(13)10-31-18-7-3-6-17(28-18)30-14-5-2-1-4-12(14)19(29-30)20(23,24)25;6-5(7)4-2-1-3-4/h3,6-9H,1-2,4-5,10H2;4H,1-3H2,(H,6,7). The van der Waals surface area contributed by atoms with E-state index < -0.39 is 42.3 Å². The van der Waals surface area contributed by atoms with Gasteiger partial charge in [0.1, 0.15) is 12.4 Å². The third-order valence-corrected chi connectivity index (χ3v) is 6.77. The minimum Gasteiger partial charge on any atom is -0.481 e. The zero-order valence-corrected chi connectivity index (χ0v) is 20.8. The number of hydrogen-bond acceptors (Lipinski definition) is 6. The fraction of sp³-hybridized carbons (Fsp3) is 0.423. The highest BCUT2D eigenvalue weighted by atomic mass is 19.4. The average molecular weight is 571 g/mol. The Morgan fingerprint density at radius 3 is 2.42 bits per heavy atom. The highest BCUT2D eigenvalue weighted by molar-refractivity contribution is 5.70. The summed E-state index contributed by atoms with van der Waals surface area (Å²) >= 11 is 0. The monoisotopic (exact) mass is 571 g/mol. The molecular weight excluding hydrogens is 548 g/mol. The number of pyridine rings is 1. The molecule has 1 saturated carbocycles. The van der Waals surface area contributed by atoms with E-state index in [-0.39, 0.29) is 40.9 Å². The molecule has 1 aliphatic heterocycles. The molecule has 1 aromatic carbocycles. The van der Waals surface area contributed by atoms with Gasteiger partial charge in [-0.25, -0.2) is 9.07 Å². The van der Waals surface area contributed by atoms with E-state index in [1.165, 1.54) is 18.2 Å². The molecule has 1 fully saturated rings. The molecule has 3 heterocycles. The number of benzene rings is 1. The maximum Gasteiger partial charge on any atom is 0.586 e. The van der Waals surface area contributed by atoms with Gasteiger partial charge in [-0.3, -0.25) is 4.79 Å². The van der Waals surface area contributed by atoms with E-state index in [1.54, 1.807) is 0 Å². The topological polar surface area (TPSA) is 95.7 Å². The maximum atomic E-state index is 14.2. The molecule has 3 aromatic rings. The lowest BCUT2D eigenvalue weighted by molar-refractivity contribution is -0.286. The number of fused-ring (bicyclic) bond motifs is 2. The number of aromatic nitrogens is 3. The van der Waals surface area contributed by atoms with Gasteiger partial charge < -0.3 is 19.3 Å². The number of alkyl halides is 5. The van der Waals surface area contributed by atoms with Crippen molar-refractivity contribution in [3.63, 3.8) is 0 Å². The van der Waals surface area contributed by atoms with Crippen LogP contribution in [0, 0.1) is 11.7 Å². The van der Waals surface area contributed by atoms with E-state index in [1.807, 2.05) is 0 Å².